The summed E-state index contributed by atoms with van der Waals surface area (Å²) in [6.45, 7) is 5.30. The molecule has 5 nitrogen and oxygen atoms in total. The van der Waals surface area contributed by atoms with E-state index in [-0.39, 0.29) is 30.3 Å². The van der Waals surface area contributed by atoms with Gasteiger partial charge in [-0.1, -0.05) is 13.3 Å². The highest BCUT2D eigenvalue weighted by atomic mass is 35.5. The van der Waals surface area contributed by atoms with Crippen LogP contribution in [0.15, 0.2) is 0 Å². The number of nitrogens with zero attached hydrogens (tertiary/aromatic N) is 1. The maximum atomic E-state index is 11.7. The van der Waals surface area contributed by atoms with Crippen LogP contribution in [-0.4, -0.2) is 41.9 Å². The number of nitrogens with two attached hydrogens (primary N) is 1. The SMILES string of the molecule is CCCC(N)C(=O)NC(C)CN1CCCC1=O.Cl. The largest absolute Gasteiger partial charge is 0.351 e. The van der Waals surface area contributed by atoms with Crippen LogP contribution in [0.4, 0.5) is 0 Å². The summed E-state index contributed by atoms with van der Waals surface area (Å²) < 4.78 is 0. The minimum Gasteiger partial charge on any atom is -0.351 e. The van der Waals surface area contributed by atoms with Crippen LogP contribution >= 0.6 is 12.4 Å². The Morgan fingerprint density at radius 1 is 1.56 bits per heavy atom. The Kier molecular flexibility index (Phi) is 7.95. The zero-order valence-corrected chi connectivity index (χ0v) is 12.0. The van der Waals surface area contributed by atoms with Gasteiger partial charge in [0, 0.05) is 25.6 Å². The number of hydrogen-bond acceptors (Lipinski definition) is 3. The third-order valence-corrected chi connectivity index (χ3v) is 2.99. The van der Waals surface area contributed by atoms with E-state index in [2.05, 4.69) is 5.32 Å². The minimum atomic E-state index is -0.434. The maximum absolute atomic E-state index is 11.7. The van der Waals surface area contributed by atoms with E-state index in [1.54, 1.807) is 4.90 Å². The average molecular weight is 278 g/mol. The van der Waals surface area contributed by atoms with Crippen molar-refractivity contribution in [2.24, 2.45) is 5.73 Å². The fraction of sp³-hybridized carbons (Fsp3) is 0.833. The molecule has 1 aliphatic heterocycles. The molecule has 0 saturated carbocycles. The van der Waals surface area contributed by atoms with Crippen molar-refractivity contribution in [1.29, 1.82) is 0 Å². The van der Waals surface area contributed by atoms with E-state index in [4.69, 9.17) is 5.73 Å². The third kappa shape index (κ3) is 5.23. The smallest absolute Gasteiger partial charge is 0.237 e. The van der Waals surface area contributed by atoms with Crippen LogP contribution in [0.25, 0.3) is 0 Å². The molecule has 18 heavy (non-hydrogen) atoms. The van der Waals surface area contributed by atoms with Gasteiger partial charge in [0.1, 0.15) is 0 Å². The van der Waals surface area contributed by atoms with Crippen LogP contribution in [0.2, 0.25) is 0 Å². The average Bonchev–Trinajstić information content (AvgIpc) is 2.64. The molecule has 2 amide bonds. The zero-order chi connectivity index (χ0) is 12.8. The summed E-state index contributed by atoms with van der Waals surface area (Å²) in [5.74, 6) is 0.0648. The summed E-state index contributed by atoms with van der Waals surface area (Å²) in [5.41, 5.74) is 5.72. The number of nitrogens with one attached hydrogen (secondary N) is 1. The lowest BCUT2D eigenvalue weighted by atomic mass is 10.1. The Balaban J connectivity index is 0.00000289. The molecule has 0 aliphatic carbocycles. The molecule has 1 rings (SSSR count). The van der Waals surface area contributed by atoms with Crippen molar-refractivity contribution in [3.8, 4) is 0 Å². The zero-order valence-electron chi connectivity index (χ0n) is 11.1. The molecule has 1 aliphatic rings. The number of likely N-dealkylation sites (tertiary alicyclic amines) is 1. The van der Waals surface area contributed by atoms with Crippen LogP contribution in [0.5, 0.6) is 0 Å². The first kappa shape index (κ1) is 17.2. The molecule has 106 valence electrons. The molecule has 2 unspecified atom stereocenters. The summed E-state index contributed by atoms with van der Waals surface area (Å²) in [6, 6.07) is -0.468. The van der Waals surface area contributed by atoms with Crippen molar-refractivity contribution in [3.05, 3.63) is 0 Å². The Morgan fingerprint density at radius 3 is 2.72 bits per heavy atom. The second kappa shape index (κ2) is 8.32. The van der Waals surface area contributed by atoms with Crippen LogP contribution in [-0.2, 0) is 9.59 Å². The predicted octanol–water partition coefficient (Wildman–Crippen LogP) is 0.663. The molecule has 0 aromatic heterocycles. The molecule has 0 radical (unpaired) electrons. The summed E-state index contributed by atoms with van der Waals surface area (Å²) in [7, 11) is 0. The lowest BCUT2D eigenvalue weighted by Gasteiger charge is -2.23. The molecule has 0 bridgehead atoms. The van der Waals surface area contributed by atoms with Gasteiger partial charge in [-0.25, -0.2) is 0 Å². The number of carbonyl (C=O) groups is 2. The molecule has 0 spiro atoms. The lowest BCUT2D eigenvalue weighted by Crippen LogP contribution is -2.48. The molecule has 0 aromatic carbocycles. The van der Waals surface area contributed by atoms with E-state index in [9.17, 15) is 9.59 Å². The maximum Gasteiger partial charge on any atom is 0.237 e. The first-order valence-corrected chi connectivity index (χ1v) is 6.38. The lowest BCUT2D eigenvalue weighted by molar-refractivity contribution is -0.129. The van der Waals surface area contributed by atoms with Crippen molar-refractivity contribution in [2.75, 3.05) is 13.1 Å². The first-order valence-electron chi connectivity index (χ1n) is 6.38. The first-order chi connectivity index (χ1) is 8.04. The fourth-order valence-corrected chi connectivity index (χ4v) is 2.07. The van der Waals surface area contributed by atoms with Gasteiger partial charge in [-0.15, -0.1) is 12.4 Å². The van der Waals surface area contributed by atoms with Gasteiger partial charge in [-0.05, 0) is 19.8 Å². The number of halogens is 1. The minimum absolute atomic E-state index is 0. The van der Waals surface area contributed by atoms with Crippen molar-refractivity contribution >= 4 is 24.2 Å². The van der Waals surface area contributed by atoms with E-state index in [0.717, 1.165) is 19.4 Å². The number of rotatable bonds is 6. The van der Waals surface area contributed by atoms with E-state index in [0.29, 0.717) is 19.4 Å². The van der Waals surface area contributed by atoms with E-state index in [1.807, 2.05) is 13.8 Å². The molecule has 3 N–H and O–H groups in total. The molecule has 1 saturated heterocycles. The number of hydrogen-bond donors (Lipinski definition) is 2. The Morgan fingerprint density at radius 2 is 2.22 bits per heavy atom. The highest BCUT2D eigenvalue weighted by Gasteiger charge is 2.23. The fourth-order valence-electron chi connectivity index (χ4n) is 2.07. The Bertz CT molecular complexity index is 286. The van der Waals surface area contributed by atoms with E-state index < -0.39 is 6.04 Å². The van der Waals surface area contributed by atoms with Gasteiger partial charge in [0.15, 0.2) is 0 Å². The molecular weight excluding hydrogens is 254 g/mol. The Hall–Kier alpha value is -0.810. The van der Waals surface area contributed by atoms with Gasteiger partial charge in [-0.2, -0.15) is 0 Å². The summed E-state index contributed by atoms with van der Waals surface area (Å²) in [5, 5.41) is 2.85. The van der Waals surface area contributed by atoms with Crippen LogP contribution < -0.4 is 11.1 Å². The predicted molar refractivity (Wildman–Crippen MR) is 73.6 cm³/mol. The highest BCUT2D eigenvalue weighted by Crippen LogP contribution is 2.09. The normalized spacial score (nSPS) is 18.2. The van der Waals surface area contributed by atoms with Gasteiger partial charge >= 0.3 is 0 Å². The quantitative estimate of drug-likeness (QED) is 0.749. The van der Waals surface area contributed by atoms with Crippen LogP contribution in [0.1, 0.15) is 39.5 Å². The van der Waals surface area contributed by atoms with Gasteiger partial charge in [0.05, 0.1) is 6.04 Å². The summed E-state index contributed by atoms with van der Waals surface area (Å²) >= 11 is 0. The molecule has 2 atom stereocenters. The van der Waals surface area contributed by atoms with Crippen LogP contribution in [0, 0.1) is 0 Å². The van der Waals surface area contributed by atoms with Crippen molar-refractivity contribution in [3.63, 3.8) is 0 Å². The molecule has 0 aromatic rings. The second-order valence-electron chi connectivity index (χ2n) is 4.75. The van der Waals surface area contributed by atoms with Crippen molar-refractivity contribution < 1.29 is 9.59 Å². The summed E-state index contributed by atoms with van der Waals surface area (Å²) in [4.78, 5) is 24.9. The van der Waals surface area contributed by atoms with Crippen LogP contribution in [0.3, 0.4) is 0 Å². The van der Waals surface area contributed by atoms with Crippen molar-refractivity contribution in [1.82, 2.24) is 10.2 Å². The van der Waals surface area contributed by atoms with Gasteiger partial charge in [-0.3, -0.25) is 9.59 Å². The standard InChI is InChI=1S/C12H23N3O2.ClH/c1-3-5-10(13)12(17)14-9(2)8-15-7-4-6-11(15)16;/h9-10H,3-8,13H2,1-2H3,(H,14,17);1H. The molecule has 1 fully saturated rings. The molecule has 1 heterocycles. The van der Waals surface area contributed by atoms with E-state index in [1.165, 1.54) is 0 Å². The van der Waals surface area contributed by atoms with Crippen molar-refractivity contribution in [2.45, 2.75) is 51.6 Å². The third-order valence-electron chi connectivity index (χ3n) is 2.99. The number of carbonyl (C=O) groups excluding carboxylic acids is 2. The Labute approximate surface area is 115 Å². The van der Waals surface area contributed by atoms with E-state index >= 15 is 0 Å². The van der Waals surface area contributed by atoms with Gasteiger partial charge in [0.25, 0.3) is 0 Å². The molecular formula is C12H24ClN3O2. The van der Waals surface area contributed by atoms with Gasteiger partial charge in [0.2, 0.25) is 11.8 Å². The van der Waals surface area contributed by atoms with Gasteiger partial charge < -0.3 is 16.0 Å². The number of amides is 2. The second-order valence-corrected chi connectivity index (χ2v) is 4.75. The topological polar surface area (TPSA) is 75.4 Å². The highest BCUT2D eigenvalue weighted by molar-refractivity contribution is 5.85. The monoisotopic (exact) mass is 277 g/mol. The molecule has 6 heteroatoms. The summed E-state index contributed by atoms with van der Waals surface area (Å²) in [6.07, 6.45) is 3.15.